The van der Waals surface area contributed by atoms with E-state index in [-0.39, 0.29) is 10.6 Å². The number of aryl methyl sites for hydroxylation is 1. The Hall–Kier alpha value is -1.86. The number of halogens is 1. The van der Waals surface area contributed by atoms with E-state index in [0.717, 1.165) is 5.56 Å². The molecule has 0 aliphatic heterocycles. The quantitative estimate of drug-likeness (QED) is 0.701. The van der Waals surface area contributed by atoms with Crippen LogP contribution in [0.4, 0.5) is 10.5 Å². The molecule has 5 nitrogen and oxygen atoms in total. The van der Waals surface area contributed by atoms with Crippen molar-refractivity contribution in [3.63, 3.8) is 0 Å². The van der Waals surface area contributed by atoms with Crippen molar-refractivity contribution in [1.29, 1.82) is 0 Å². The normalized spacial score (nSPS) is 11.9. The maximum absolute atomic E-state index is 13.1. The number of hydrogen-bond acceptors (Lipinski definition) is 4. The summed E-state index contributed by atoms with van der Waals surface area (Å²) in [4.78, 5) is 12.7. The van der Waals surface area contributed by atoms with E-state index in [4.69, 9.17) is 4.74 Å². The van der Waals surface area contributed by atoms with Gasteiger partial charge in [-0.3, -0.25) is 0 Å². The molecule has 0 bridgehead atoms. The standard InChI is InChI=1S/C18H20BrNO4S/c1-13-8-10-15(11-9-13)20(17(21)24-18(2,3)4)25(22,23)16-7-5-6-14(19)12-16/h5-12H,1-4H3. The Morgan fingerprint density at radius 3 is 2.20 bits per heavy atom. The highest BCUT2D eigenvalue weighted by molar-refractivity contribution is 9.10. The highest BCUT2D eigenvalue weighted by Crippen LogP contribution is 2.27. The molecule has 0 spiro atoms. The first-order valence-corrected chi connectivity index (χ1v) is 9.84. The highest BCUT2D eigenvalue weighted by atomic mass is 79.9. The molecule has 0 heterocycles. The van der Waals surface area contributed by atoms with Crippen LogP contribution in [-0.4, -0.2) is 20.1 Å². The number of hydrogen-bond donors (Lipinski definition) is 0. The van der Waals surface area contributed by atoms with Gasteiger partial charge in [0.1, 0.15) is 5.60 Å². The predicted molar refractivity (Wildman–Crippen MR) is 101 cm³/mol. The summed E-state index contributed by atoms with van der Waals surface area (Å²) in [5.74, 6) is 0. The van der Waals surface area contributed by atoms with Crippen LogP contribution in [0.3, 0.4) is 0 Å². The topological polar surface area (TPSA) is 63.7 Å². The zero-order chi connectivity index (χ0) is 18.8. The number of carbonyl (C=O) groups excluding carboxylic acids is 1. The molecule has 0 N–H and O–H groups in total. The lowest BCUT2D eigenvalue weighted by Gasteiger charge is -2.27. The molecular weight excluding hydrogens is 406 g/mol. The fraction of sp³-hybridized carbons (Fsp3) is 0.278. The molecule has 0 fully saturated rings. The van der Waals surface area contributed by atoms with Crippen molar-refractivity contribution in [3.05, 3.63) is 58.6 Å². The van der Waals surface area contributed by atoms with Gasteiger partial charge in [-0.05, 0) is 58.0 Å². The van der Waals surface area contributed by atoms with Crippen molar-refractivity contribution < 1.29 is 17.9 Å². The maximum Gasteiger partial charge on any atom is 0.429 e. The summed E-state index contributed by atoms with van der Waals surface area (Å²) in [6.45, 7) is 6.93. The molecule has 2 rings (SSSR count). The molecule has 2 aromatic rings. The monoisotopic (exact) mass is 425 g/mol. The van der Waals surface area contributed by atoms with Gasteiger partial charge in [0.15, 0.2) is 0 Å². The Morgan fingerprint density at radius 1 is 1.08 bits per heavy atom. The average molecular weight is 426 g/mol. The van der Waals surface area contributed by atoms with Crippen LogP contribution in [0.15, 0.2) is 57.9 Å². The highest BCUT2D eigenvalue weighted by Gasteiger charge is 2.34. The molecule has 2 aromatic carbocycles. The maximum atomic E-state index is 13.1. The first-order valence-electron chi connectivity index (χ1n) is 7.61. The molecule has 0 radical (unpaired) electrons. The summed E-state index contributed by atoms with van der Waals surface area (Å²) in [6.07, 6.45) is -0.948. The molecule has 0 saturated carbocycles. The zero-order valence-electron chi connectivity index (χ0n) is 14.5. The zero-order valence-corrected chi connectivity index (χ0v) is 16.9. The van der Waals surface area contributed by atoms with E-state index in [1.807, 2.05) is 6.92 Å². The largest absolute Gasteiger partial charge is 0.443 e. The minimum Gasteiger partial charge on any atom is -0.443 e. The van der Waals surface area contributed by atoms with E-state index in [0.29, 0.717) is 8.78 Å². The summed E-state index contributed by atoms with van der Waals surface area (Å²) in [5, 5.41) is 0. The number of rotatable bonds is 3. The first-order chi connectivity index (χ1) is 11.5. The SMILES string of the molecule is Cc1ccc(N(C(=O)OC(C)(C)C)S(=O)(=O)c2cccc(Br)c2)cc1. The number of carbonyl (C=O) groups is 1. The van der Waals surface area contributed by atoms with E-state index in [2.05, 4.69) is 15.9 Å². The molecule has 0 aliphatic carbocycles. The molecule has 0 atom stereocenters. The van der Waals surface area contributed by atoms with Crippen molar-refractivity contribution in [1.82, 2.24) is 0 Å². The second-order valence-corrected chi connectivity index (χ2v) is 9.25. The molecule has 134 valence electrons. The number of amides is 1. The Morgan fingerprint density at radius 2 is 1.68 bits per heavy atom. The van der Waals surface area contributed by atoms with Crippen LogP contribution in [0.5, 0.6) is 0 Å². The van der Waals surface area contributed by atoms with E-state index in [1.54, 1.807) is 57.2 Å². The van der Waals surface area contributed by atoms with Crippen LogP contribution in [0.25, 0.3) is 0 Å². The molecule has 0 aromatic heterocycles. The van der Waals surface area contributed by atoms with E-state index >= 15 is 0 Å². The molecule has 7 heteroatoms. The number of ether oxygens (including phenoxy) is 1. The van der Waals surface area contributed by atoms with Crippen LogP contribution in [0.1, 0.15) is 26.3 Å². The van der Waals surface area contributed by atoms with Gasteiger partial charge in [-0.2, -0.15) is 4.31 Å². The second kappa shape index (κ2) is 7.17. The second-order valence-electron chi connectivity index (χ2n) is 6.54. The Balaban J connectivity index is 2.58. The lowest BCUT2D eigenvalue weighted by molar-refractivity contribution is 0.0609. The number of anilines is 1. The fourth-order valence-electron chi connectivity index (χ4n) is 2.06. The molecule has 0 unspecified atom stereocenters. The Labute approximate surface area is 156 Å². The molecule has 1 amide bonds. The van der Waals surface area contributed by atoms with Gasteiger partial charge in [-0.1, -0.05) is 39.7 Å². The van der Waals surface area contributed by atoms with Gasteiger partial charge < -0.3 is 4.74 Å². The summed E-state index contributed by atoms with van der Waals surface area (Å²) in [6, 6.07) is 12.8. The minimum absolute atomic E-state index is 0.00620. The summed E-state index contributed by atoms with van der Waals surface area (Å²) in [5.41, 5.74) is 0.347. The van der Waals surface area contributed by atoms with Gasteiger partial charge >= 0.3 is 6.09 Å². The number of benzene rings is 2. The third kappa shape index (κ3) is 4.83. The number of sulfonamides is 1. The van der Waals surface area contributed by atoms with Gasteiger partial charge in [-0.25, -0.2) is 13.2 Å². The average Bonchev–Trinajstić information content (AvgIpc) is 2.47. The van der Waals surface area contributed by atoms with Crippen LogP contribution in [0, 0.1) is 6.92 Å². The predicted octanol–water partition coefficient (Wildman–Crippen LogP) is 4.89. The van der Waals surface area contributed by atoms with Crippen molar-refractivity contribution in [2.24, 2.45) is 0 Å². The fourth-order valence-corrected chi connectivity index (χ4v) is 3.98. The van der Waals surface area contributed by atoms with Gasteiger partial charge in [0.2, 0.25) is 0 Å². The van der Waals surface area contributed by atoms with Crippen molar-refractivity contribution in [2.75, 3.05) is 4.31 Å². The summed E-state index contributed by atoms with van der Waals surface area (Å²) in [7, 11) is -4.13. The third-order valence-electron chi connectivity index (χ3n) is 3.16. The third-order valence-corrected chi connectivity index (χ3v) is 5.35. The molecule has 0 saturated heterocycles. The van der Waals surface area contributed by atoms with Gasteiger partial charge in [0.05, 0.1) is 10.6 Å². The lowest BCUT2D eigenvalue weighted by atomic mass is 10.2. The van der Waals surface area contributed by atoms with Crippen LogP contribution >= 0.6 is 15.9 Å². The smallest absolute Gasteiger partial charge is 0.429 e. The molecule has 25 heavy (non-hydrogen) atoms. The summed E-state index contributed by atoms with van der Waals surface area (Å²) < 4.78 is 32.8. The summed E-state index contributed by atoms with van der Waals surface area (Å²) >= 11 is 3.26. The van der Waals surface area contributed by atoms with Crippen molar-refractivity contribution in [3.8, 4) is 0 Å². The van der Waals surface area contributed by atoms with Crippen molar-refractivity contribution in [2.45, 2.75) is 38.2 Å². The van der Waals surface area contributed by atoms with Crippen LogP contribution in [0.2, 0.25) is 0 Å². The lowest BCUT2D eigenvalue weighted by Crippen LogP contribution is -2.41. The van der Waals surface area contributed by atoms with E-state index < -0.39 is 21.7 Å². The number of nitrogens with zero attached hydrogens (tertiary/aromatic N) is 1. The van der Waals surface area contributed by atoms with Crippen molar-refractivity contribution >= 4 is 37.7 Å². The molecule has 0 aliphatic rings. The Kier molecular flexibility index (Phi) is 5.58. The van der Waals surface area contributed by atoms with Crippen LogP contribution < -0.4 is 4.31 Å². The van der Waals surface area contributed by atoms with Gasteiger partial charge in [-0.15, -0.1) is 0 Å². The first kappa shape index (κ1) is 19.5. The van der Waals surface area contributed by atoms with E-state index in [1.165, 1.54) is 12.1 Å². The van der Waals surface area contributed by atoms with Gasteiger partial charge in [0.25, 0.3) is 10.0 Å². The Bertz CT molecular complexity index is 871. The minimum atomic E-state index is -4.13. The van der Waals surface area contributed by atoms with Crippen LogP contribution in [-0.2, 0) is 14.8 Å². The van der Waals surface area contributed by atoms with E-state index in [9.17, 15) is 13.2 Å². The molecular formula is C18H20BrNO4S. The van der Waals surface area contributed by atoms with Gasteiger partial charge in [0, 0.05) is 4.47 Å².